The molecule has 2 saturated heterocycles. The van der Waals surface area contributed by atoms with E-state index in [1.165, 1.54) is 22.9 Å². The van der Waals surface area contributed by atoms with Crippen LogP contribution in [-0.4, -0.2) is 78.6 Å². The number of allylic oxidation sites excluding steroid dienone is 2. The summed E-state index contributed by atoms with van der Waals surface area (Å²) >= 11 is 1.22. The topological polar surface area (TPSA) is 119 Å². The van der Waals surface area contributed by atoms with E-state index in [-0.39, 0.29) is 42.2 Å². The predicted molar refractivity (Wildman–Crippen MR) is 206 cm³/mol. The Morgan fingerprint density at radius 3 is 1.58 bits per heavy atom. The van der Waals surface area contributed by atoms with Gasteiger partial charge in [-0.1, -0.05) is 47.2 Å². The molecule has 4 aliphatic rings. The molecular weight excluding hydrogens is 693 g/mol. The second kappa shape index (κ2) is 15.3. The summed E-state index contributed by atoms with van der Waals surface area (Å²) in [5.74, 6) is 2.09. The lowest BCUT2D eigenvalue weighted by Crippen LogP contribution is -2.35. The molecule has 2 fully saturated rings. The number of ether oxygens (including phenoxy) is 4. The standard InChI is InChI=1S/C41H42N4O7S/c1-6-25-11-30-17-42-34-15-38(36(49-4)13-32(34)40(47)44(30)19-25)51-21-27-8-28(10-29(9-27)23-53-24(3)46)22-52-39-16-35-33(14-37(39)50-5)41(48)45-20-26(7-2)12-31(45)18-43-35/h6-10,13-18,30-31H,11-12,19-23H2,1-5H3/b25-6+,26-7+/t30-,31-/m0/s1. The van der Waals surface area contributed by atoms with Gasteiger partial charge in [-0.15, -0.1) is 0 Å². The van der Waals surface area contributed by atoms with Crippen LogP contribution in [0.3, 0.4) is 0 Å². The summed E-state index contributed by atoms with van der Waals surface area (Å²) in [6.45, 7) is 7.07. The van der Waals surface area contributed by atoms with Crippen LogP contribution in [-0.2, 0) is 23.8 Å². The number of methoxy groups -OCH3 is 2. The molecule has 7 rings (SSSR count). The van der Waals surface area contributed by atoms with Crippen molar-refractivity contribution in [2.75, 3.05) is 27.3 Å². The van der Waals surface area contributed by atoms with Crippen molar-refractivity contribution >= 4 is 52.5 Å². The number of benzene rings is 3. The maximum Gasteiger partial charge on any atom is 0.257 e. The maximum atomic E-state index is 13.5. The van der Waals surface area contributed by atoms with Crippen LogP contribution in [0.4, 0.5) is 11.4 Å². The molecular formula is C41H42N4O7S. The second-order valence-corrected chi connectivity index (χ2v) is 14.6. The first kappa shape index (κ1) is 36.0. The Balaban J connectivity index is 1.12. The molecule has 0 aromatic heterocycles. The Morgan fingerprint density at radius 1 is 0.717 bits per heavy atom. The highest BCUT2D eigenvalue weighted by Crippen LogP contribution is 2.41. The highest BCUT2D eigenvalue weighted by atomic mass is 32.2. The van der Waals surface area contributed by atoms with Crippen molar-refractivity contribution in [1.82, 2.24) is 9.80 Å². The van der Waals surface area contributed by atoms with Crippen molar-refractivity contribution in [1.29, 1.82) is 0 Å². The molecule has 12 heteroatoms. The van der Waals surface area contributed by atoms with Crippen molar-refractivity contribution in [3.05, 3.63) is 93.6 Å². The smallest absolute Gasteiger partial charge is 0.257 e. The van der Waals surface area contributed by atoms with Gasteiger partial charge < -0.3 is 28.7 Å². The minimum Gasteiger partial charge on any atom is -0.493 e. The highest BCUT2D eigenvalue weighted by molar-refractivity contribution is 8.12. The number of nitrogens with zero attached hydrogens (tertiary/aromatic N) is 4. The van der Waals surface area contributed by atoms with Gasteiger partial charge in [-0.2, -0.15) is 0 Å². The molecule has 0 saturated carbocycles. The minimum absolute atomic E-state index is 0.0175. The van der Waals surface area contributed by atoms with Gasteiger partial charge in [0.25, 0.3) is 11.8 Å². The van der Waals surface area contributed by atoms with Gasteiger partial charge in [-0.3, -0.25) is 24.4 Å². The lowest BCUT2D eigenvalue weighted by molar-refractivity contribution is -0.109. The van der Waals surface area contributed by atoms with Gasteiger partial charge in [-0.05, 0) is 61.6 Å². The molecule has 0 unspecified atom stereocenters. The van der Waals surface area contributed by atoms with Crippen LogP contribution in [0.25, 0.3) is 0 Å². The van der Waals surface area contributed by atoms with E-state index in [0.29, 0.717) is 64.3 Å². The predicted octanol–water partition coefficient (Wildman–Crippen LogP) is 7.39. The summed E-state index contributed by atoms with van der Waals surface area (Å²) in [6, 6.07) is 12.7. The van der Waals surface area contributed by atoms with Crippen molar-refractivity contribution in [2.24, 2.45) is 9.98 Å². The monoisotopic (exact) mass is 734 g/mol. The van der Waals surface area contributed by atoms with E-state index in [9.17, 15) is 14.4 Å². The third-order valence-corrected chi connectivity index (χ3v) is 10.9. The number of amides is 2. The van der Waals surface area contributed by atoms with E-state index in [0.717, 1.165) is 29.5 Å². The Bertz CT molecular complexity index is 1970. The Kier molecular flexibility index (Phi) is 10.4. The number of aliphatic imine (C=N–C) groups is 2. The average molecular weight is 735 g/mol. The summed E-state index contributed by atoms with van der Waals surface area (Å²) in [5.41, 5.74) is 7.08. The minimum atomic E-state index is -0.0858. The molecule has 0 bridgehead atoms. The van der Waals surface area contributed by atoms with Gasteiger partial charge in [-0.25, -0.2) is 0 Å². The van der Waals surface area contributed by atoms with Gasteiger partial charge in [0, 0.05) is 50.3 Å². The van der Waals surface area contributed by atoms with Gasteiger partial charge in [0.1, 0.15) is 13.2 Å². The number of carbonyl (C=O) groups excluding carboxylic acids is 3. The summed E-state index contributed by atoms with van der Waals surface area (Å²) in [5, 5.41) is 0.0175. The molecule has 4 aliphatic heterocycles. The van der Waals surface area contributed by atoms with Gasteiger partial charge in [0.15, 0.2) is 28.1 Å². The van der Waals surface area contributed by atoms with Crippen LogP contribution in [0.5, 0.6) is 23.0 Å². The third kappa shape index (κ3) is 7.46. The number of fused-ring (bicyclic) bond motifs is 4. The summed E-state index contributed by atoms with van der Waals surface area (Å²) < 4.78 is 24.0. The number of rotatable bonds is 10. The van der Waals surface area contributed by atoms with Crippen LogP contribution in [0.15, 0.2) is 75.7 Å². The van der Waals surface area contributed by atoms with E-state index in [1.807, 2.05) is 54.3 Å². The van der Waals surface area contributed by atoms with Crippen LogP contribution < -0.4 is 18.9 Å². The van der Waals surface area contributed by atoms with Crippen molar-refractivity contribution in [2.45, 2.75) is 64.7 Å². The van der Waals surface area contributed by atoms with Crippen molar-refractivity contribution < 1.29 is 33.3 Å². The fraction of sp³-hybridized carbons (Fsp3) is 0.341. The van der Waals surface area contributed by atoms with Crippen LogP contribution in [0.2, 0.25) is 0 Å². The van der Waals surface area contributed by atoms with Crippen LogP contribution in [0, 0.1) is 0 Å². The summed E-state index contributed by atoms with van der Waals surface area (Å²) in [4.78, 5) is 52.0. The first-order chi connectivity index (χ1) is 25.7. The van der Waals surface area contributed by atoms with Gasteiger partial charge in [0.2, 0.25) is 0 Å². The van der Waals surface area contributed by atoms with Gasteiger partial charge >= 0.3 is 0 Å². The Labute approximate surface area is 313 Å². The zero-order valence-electron chi connectivity index (χ0n) is 30.5. The molecule has 274 valence electrons. The molecule has 2 amide bonds. The highest BCUT2D eigenvalue weighted by Gasteiger charge is 2.36. The largest absolute Gasteiger partial charge is 0.493 e. The zero-order chi connectivity index (χ0) is 37.2. The molecule has 4 heterocycles. The van der Waals surface area contributed by atoms with Crippen LogP contribution in [0.1, 0.15) is 71.0 Å². The molecule has 3 aromatic rings. The molecule has 11 nitrogen and oxygen atoms in total. The number of carbonyl (C=O) groups is 3. The molecule has 53 heavy (non-hydrogen) atoms. The lowest BCUT2D eigenvalue weighted by Gasteiger charge is -2.20. The van der Waals surface area contributed by atoms with E-state index < -0.39 is 0 Å². The van der Waals surface area contributed by atoms with E-state index >= 15 is 0 Å². The zero-order valence-corrected chi connectivity index (χ0v) is 31.3. The fourth-order valence-corrected chi connectivity index (χ4v) is 7.66. The molecule has 2 atom stereocenters. The van der Waals surface area contributed by atoms with Crippen molar-refractivity contribution in [3.8, 4) is 23.0 Å². The SMILES string of the molecule is C/C=C1\C[C@H]2C=Nc3cc(OCc4cc(COc5cc6c(cc5OC)C(=O)N5C/C(=C/C)C[C@H]5C=N6)cc(CSC(C)=O)c4)c(OC)cc3C(=O)N2C1. The average Bonchev–Trinajstić information content (AvgIpc) is 3.74. The van der Waals surface area contributed by atoms with Gasteiger partial charge in [0.05, 0.1) is 48.8 Å². The molecule has 0 aliphatic carbocycles. The number of thioether (sulfide) groups is 1. The maximum absolute atomic E-state index is 13.5. The summed E-state index contributed by atoms with van der Waals surface area (Å²) in [7, 11) is 3.09. The quantitative estimate of drug-likeness (QED) is 0.198. The Hall–Kier alpha value is -5.36. The third-order valence-electron chi connectivity index (χ3n) is 9.97. The van der Waals surface area contributed by atoms with Crippen molar-refractivity contribution in [3.63, 3.8) is 0 Å². The normalized spacial score (nSPS) is 20.2. The van der Waals surface area contributed by atoms with E-state index in [1.54, 1.807) is 45.4 Å². The number of hydrogen-bond donors (Lipinski definition) is 0. The first-order valence-electron chi connectivity index (χ1n) is 17.6. The molecule has 0 spiro atoms. The van der Waals surface area contributed by atoms with Crippen LogP contribution >= 0.6 is 11.8 Å². The lowest BCUT2D eigenvalue weighted by atomic mass is 10.1. The number of hydrogen-bond acceptors (Lipinski definition) is 10. The molecule has 0 N–H and O–H groups in total. The van der Waals surface area contributed by atoms with E-state index in [2.05, 4.69) is 22.1 Å². The summed E-state index contributed by atoms with van der Waals surface area (Å²) in [6.07, 6.45) is 9.34. The molecule has 0 radical (unpaired) electrons. The first-order valence-corrected chi connectivity index (χ1v) is 18.6. The van der Waals surface area contributed by atoms with E-state index in [4.69, 9.17) is 18.9 Å². The fourth-order valence-electron chi connectivity index (χ4n) is 7.13. The molecule has 3 aromatic carbocycles. The Morgan fingerprint density at radius 2 is 1.17 bits per heavy atom. The second-order valence-electron chi connectivity index (χ2n) is 13.4.